The zero-order valence-electron chi connectivity index (χ0n) is 16.8. The molecule has 0 aliphatic carbocycles. The molecule has 0 atom stereocenters. The molecule has 3 aromatic rings. The van der Waals surface area contributed by atoms with Crippen molar-refractivity contribution in [2.45, 2.75) is 13.8 Å². The van der Waals surface area contributed by atoms with Crippen molar-refractivity contribution < 1.29 is 19.1 Å². The Hall–Kier alpha value is -3.80. The maximum atomic E-state index is 13.2. The van der Waals surface area contributed by atoms with E-state index in [4.69, 9.17) is 9.47 Å². The first kappa shape index (κ1) is 19.5. The van der Waals surface area contributed by atoms with Crippen LogP contribution in [0.25, 0.3) is 0 Å². The van der Waals surface area contributed by atoms with Crippen LogP contribution in [0.2, 0.25) is 0 Å². The third kappa shape index (κ3) is 3.59. The van der Waals surface area contributed by atoms with Gasteiger partial charge in [-0.15, -0.1) is 0 Å². The van der Waals surface area contributed by atoms with Crippen LogP contribution in [0.1, 0.15) is 34.6 Å². The topological polar surface area (TPSA) is 67.9 Å². The van der Waals surface area contributed by atoms with E-state index < -0.39 is 0 Å². The van der Waals surface area contributed by atoms with Gasteiger partial charge in [0, 0.05) is 12.2 Å². The van der Waals surface area contributed by atoms with Gasteiger partial charge in [-0.05, 0) is 56.3 Å². The number of nitrogens with zero attached hydrogens (tertiary/aromatic N) is 1. The zero-order chi connectivity index (χ0) is 21.1. The first-order chi connectivity index (χ1) is 14.6. The molecule has 6 heteroatoms. The quantitative estimate of drug-likeness (QED) is 0.644. The first-order valence-corrected chi connectivity index (χ1v) is 9.88. The van der Waals surface area contributed by atoms with Crippen LogP contribution in [0.3, 0.4) is 0 Å². The molecule has 1 heterocycles. The highest BCUT2D eigenvalue weighted by Gasteiger charge is 2.27. The number of nitrogens with one attached hydrogen (secondary N) is 1. The summed E-state index contributed by atoms with van der Waals surface area (Å²) in [5, 5.41) is 2.86. The lowest BCUT2D eigenvalue weighted by Gasteiger charge is -2.19. The van der Waals surface area contributed by atoms with Crippen LogP contribution in [0.4, 0.5) is 11.4 Å². The van der Waals surface area contributed by atoms with Crippen molar-refractivity contribution in [1.29, 1.82) is 0 Å². The predicted molar refractivity (Wildman–Crippen MR) is 116 cm³/mol. The number of para-hydroxylation sites is 3. The van der Waals surface area contributed by atoms with Gasteiger partial charge < -0.3 is 19.7 Å². The SMILES string of the molecule is CCOc1ccccc1C(=O)Nc1ccc2c(c1)C(=O)N(CC)c1ccccc1O2. The van der Waals surface area contributed by atoms with Crippen molar-refractivity contribution in [2.24, 2.45) is 0 Å². The van der Waals surface area contributed by atoms with Gasteiger partial charge in [0.1, 0.15) is 11.5 Å². The monoisotopic (exact) mass is 402 g/mol. The minimum Gasteiger partial charge on any atom is -0.493 e. The van der Waals surface area contributed by atoms with Gasteiger partial charge in [-0.1, -0.05) is 24.3 Å². The van der Waals surface area contributed by atoms with Crippen molar-refractivity contribution in [3.63, 3.8) is 0 Å². The summed E-state index contributed by atoms with van der Waals surface area (Å²) in [6, 6.07) is 19.5. The van der Waals surface area contributed by atoms with Crippen LogP contribution >= 0.6 is 0 Å². The van der Waals surface area contributed by atoms with Gasteiger partial charge in [0.25, 0.3) is 11.8 Å². The number of rotatable bonds is 5. The highest BCUT2D eigenvalue weighted by atomic mass is 16.5. The van der Waals surface area contributed by atoms with Gasteiger partial charge in [-0.3, -0.25) is 9.59 Å². The summed E-state index contributed by atoms with van der Waals surface area (Å²) >= 11 is 0. The molecule has 1 aliphatic rings. The number of anilines is 2. The highest BCUT2D eigenvalue weighted by molar-refractivity contribution is 6.11. The van der Waals surface area contributed by atoms with Crippen molar-refractivity contribution in [3.05, 3.63) is 77.9 Å². The molecule has 0 bridgehead atoms. The lowest BCUT2D eigenvalue weighted by molar-refractivity contribution is 0.0985. The van der Waals surface area contributed by atoms with Crippen molar-refractivity contribution in [1.82, 2.24) is 0 Å². The second-order valence-corrected chi connectivity index (χ2v) is 6.71. The molecule has 0 spiro atoms. The van der Waals surface area contributed by atoms with Gasteiger partial charge in [0.15, 0.2) is 5.75 Å². The maximum Gasteiger partial charge on any atom is 0.262 e. The molecule has 0 aromatic heterocycles. The molecule has 0 radical (unpaired) electrons. The summed E-state index contributed by atoms with van der Waals surface area (Å²) in [5.41, 5.74) is 2.05. The van der Waals surface area contributed by atoms with E-state index >= 15 is 0 Å². The molecule has 1 aliphatic heterocycles. The van der Waals surface area contributed by atoms with Gasteiger partial charge in [0.2, 0.25) is 0 Å². The molecule has 0 saturated carbocycles. The van der Waals surface area contributed by atoms with Crippen LogP contribution in [-0.4, -0.2) is 25.0 Å². The highest BCUT2D eigenvalue weighted by Crippen LogP contribution is 2.39. The molecule has 2 amide bonds. The zero-order valence-corrected chi connectivity index (χ0v) is 16.8. The number of carbonyl (C=O) groups is 2. The van der Waals surface area contributed by atoms with E-state index in [1.807, 2.05) is 44.2 Å². The van der Waals surface area contributed by atoms with Gasteiger partial charge in [-0.2, -0.15) is 0 Å². The Morgan fingerprint density at radius 2 is 1.77 bits per heavy atom. The average molecular weight is 402 g/mol. The number of carbonyl (C=O) groups excluding carboxylic acids is 2. The molecule has 6 nitrogen and oxygen atoms in total. The predicted octanol–water partition coefficient (Wildman–Crippen LogP) is 5.11. The first-order valence-electron chi connectivity index (χ1n) is 9.88. The fourth-order valence-corrected chi connectivity index (χ4v) is 3.45. The number of hydrogen-bond acceptors (Lipinski definition) is 4. The minimum absolute atomic E-state index is 0.178. The van der Waals surface area contributed by atoms with Crippen LogP contribution < -0.4 is 19.7 Å². The van der Waals surface area contributed by atoms with E-state index in [1.54, 1.807) is 41.3 Å². The lowest BCUT2D eigenvalue weighted by Crippen LogP contribution is -2.29. The van der Waals surface area contributed by atoms with E-state index in [-0.39, 0.29) is 11.8 Å². The summed E-state index contributed by atoms with van der Waals surface area (Å²) in [6.45, 7) is 4.74. The number of fused-ring (bicyclic) bond motifs is 2. The number of ether oxygens (including phenoxy) is 2. The fourth-order valence-electron chi connectivity index (χ4n) is 3.45. The summed E-state index contributed by atoms with van der Waals surface area (Å²) < 4.78 is 11.5. The Balaban J connectivity index is 1.66. The molecule has 0 saturated heterocycles. The molecular formula is C24H22N2O4. The van der Waals surface area contributed by atoms with E-state index in [9.17, 15) is 9.59 Å². The Labute approximate surface area is 175 Å². The van der Waals surface area contributed by atoms with Crippen LogP contribution in [-0.2, 0) is 0 Å². The number of hydrogen-bond donors (Lipinski definition) is 1. The summed E-state index contributed by atoms with van der Waals surface area (Å²) in [4.78, 5) is 27.7. The largest absolute Gasteiger partial charge is 0.493 e. The Kier molecular flexibility index (Phi) is 5.39. The summed E-state index contributed by atoms with van der Waals surface area (Å²) in [7, 11) is 0. The standard InChI is InChI=1S/C24H22N2O4/c1-3-26-19-10-6-8-12-22(19)30-21-14-13-16(15-18(21)24(26)28)25-23(27)17-9-5-7-11-20(17)29-4-2/h5-15H,3-4H2,1-2H3,(H,25,27). The van der Waals surface area contributed by atoms with Crippen LogP contribution in [0, 0.1) is 0 Å². The Bertz CT molecular complexity index is 1110. The second-order valence-electron chi connectivity index (χ2n) is 6.71. The Morgan fingerprint density at radius 1 is 1.00 bits per heavy atom. The molecular weight excluding hydrogens is 380 g/mol. The van der Waals surface area contributed by atoms with Crippen LogP contribution in [0.5, 0.6) is 17.2 Å². The van der Waals surface area contributed by atoms with Gasteiger partial charge >= 0.3 is 0 Å². The maximum absolute atomic E-state index is 13.2. The van der Waals surface area contributed by atoms with Crippen molar-refractivity contribution >= 4 is 23.2 Å². The fraction of sp³-hybridized carbons (Fsp3) is 0.167. The summed E-state index contributed by atoms with van der Waals surface area (Å²) in [6.07, 6.45) is 0. The third-order valence-electron chi connectivity index (χ3n) is 4.84. The third-order valence-corrected chi connectivity index (χ3v) is 4.84. The van der Waals surface area contributed by atoms with E-state index in [2.05, 4.69) is 5.32 Å². The van der Waals surface area contributed by atoms with E-state index in [0.29, 0.717) is 47.2 Å². The molecule has 0 unspecified atom stereocenters. The number of benzene rings is 3. The molecule has 4 rings (SSSR count). The molecule has 0 fully saturated rings. The molecule has 30 heavy (non-hydrogen) atoms. The molecule has 3 aromatic carbocycles. The van der Waals surface area contributed by atoms with E-state index in [0.717, 1.165) is 5.69 Å². The normalized spacial score (nSPS) is 12.3. The Morgan fingerprint density at radius 3 is 2.57 bits per heavy atom. The lowest BCUT2D eigenvalue weighted by atomic mass is 10.1. The van der Waals surface area contributed by atoms with Crippen molar-refractivity contribution in [2.75, 3.05) is 23.4 Å². The second kappa shape index (κ2) is 8.29. The summed E-state index contributed by atoms with van der Waals surface area (Å²) in [5.74, 6) is 1.10. The van der Waals surface area contributed by atoms with Crippen molar-refractivity contribution in [3.8, 4) is 17.2 Å². The van der Waals surface area contributed by atoms with Crippen LogP contribution in [0.15, 0.2) is 66.7 Å². The molecule has 152 valence electrons. The van der Waals surface area contributed by atoms with Gasteiger partial charge in [0.05, 0.1) is 23.4 Å². The molecule has 1 N–H and O–H groups in total. The average Bonchev–Trinajstić information content (AvgIpc) is 2.88. The van der Waals surface area contributed by atoms with Gasteiger partial charge in [-0.25, -0.2) is 0 Å². The minimum atomic E-state index is -0.309. The number of amides is 2. The van der Waals surface area contributed by atoms with E-state index in [1.165, 1.54) is 0 Å². The smallest absolute Gasteiger partial charge is 0.262 e.